The van der Waals surface area contributed by atoms with Crippen LogP contribution in [0.1, 0.15) is 35.7 Å². The molecule has 3 N–H and O–H groups in total. The number of nitrogens with one attached hydrogen (secondary N) is 1. The lowest BCUT2D eigenvalue weighted by Gasteiger charge is -2.12. The SMILES string of the molecule is CCc1c(F)c(O)nc(NC2CC2)c1C(=O)O. The average Bonchev–Trinajstić information content (AvgIpc) is 3.06. The molecule has 0 saturated heterocycles. The van der Waals surface area contributed by atoms with Crippen molar-refractivity contribution in [2.45, 2.75) is 32.2 Å². The zero-order valence-corrected chi connectivity index (χ0v) is 9.33. The molecule has 0 unspecified atom stereocenters. The number of hydrogen-bond acceptors (Lipinski definition) is 4. The van der Waals surface area contributed by atoms with Gasteiger partial charge in [0.05, 0.1) is 0 Å². The Morgan fingerprint density at radius 3 is 2.71 bits per heavy atom. The molecule has 0 spiro atoms. The van der Waals surface area contributed by atoms with Crippen LogP contribution < -0.4 is 5.32 Å². The average molecular weight is 240 g/mol. The molecule has 1 heterocycles. The molecule has 1 fully saturated rings. The van der Waals surface area contributed by atoms with E-state index in [1.54, 1.807) is 6.92 Å². The number of anilines is 1. The number of rotatable bonds is 4. The van der Waals surface area contributed by atoms with E-state index < -0.39 is 17.7 Å². The monoisotopic (exact) mass is 240 g/mol. The van der Waals surface area contributed by atoms with Gasteiger partial charge in [-0.05, 0) is 19.3 Å². The van der Waals surface area contributed by atoms with E-state index in [1.807, 2.05) is 0 Å². The highest BCUT2D eigenvalue weighted by Crippen LogP contribution is 2.31. The Morgan fingerprint density at radius 2 is 2.24 bits per heavy atom. The van der Waals surface area contributed by atoms with Gasteiger partial charge in [0.25, 0.3) is 0 Å². The minimum Gasteiger partial charge on any atom is -0.491 e. The summed E-state index contributed by atoms with van der Waals surface area (Å²) in [5.41, 5.74) is -0.206. The van der Waals surface area contributed by atoms with Gasteiger partial charge in [-0.2, -0.15) is 4.98 Å². The summed E-state index contributed by atoms with van der Waals surface area (Å²) >= 11 is 0. The van der Waals surface area contributed by atoms with Crippen molar-refractivity contribution in [1.82, 2.24) is 4.98 Å². The van der Waals surface area contributed by atoms with Gasteiger partial charge in [-0.15, -0.1) is 0 Å². The smallest absolute Gasteiger partial charge is 0.339 e. The van der Waals surface area contributed by atoms with Gasteiger partial charge in [0.15, 0.2) is 5.82 Å². The predicted octanol–water partition coefficient (Wildman–Crippen LogP) is 1.76. The molecule has 0 aliphatic heterocycles. The van der Waals surface area contributed by atoms with Crippen LogP contribution in [-0.2, 0) is 6.42 Å². The minimum absolute atomic E-state index is 0.0202. The van der Waals surface area contributed by atoms with Crippen LogP contribution in [0.3, 0.4) is 0 Å². The van der Waals surface area contributed by atoms with E-state index in [0.717, 1.165) is 12.8 Å². The first kappa shape index (κ1) is 11.6. The first-order chi connectivity index (χ1) is 8.04. The minimum atomic E-state index is -1.24. The van der Waals surface area contributed by atoms with E-state index in [-0.39, 0.29) is 29.4 Å². The first-order valence-corrected chi connectivity index (χ1v) is 5.45. The normalized spacial score (nSPS) is 14.7. The molecule has 92 valence electrons. The zero-order chi connectivity index (χ0) is 12.6. The molecule has 1 aliphatic rings. The predicted molar refractivity (Wildman–Crippen MR) is 58.8 cm³/mol. The molecule has 17 heavy (non-hydrogen) atoms. The van der Waals surface area contributed by atoms with Crippen LogP contribution in [0.15, 0.2) is 0 Å². The molecule has 0 atom stereocenters. The van der Waals surface area contributed by atoms with Crippen molar-refractivity contribution in [3.8, 4) is 5.88 Å². The Kier molecular flexibility index (Phi) is 2.87. The molecule has 1 saturated carbocycles. The zero-order valence-electron chi connectivity index (χ0n) is 9.33. The van der Waals surface area contributed by atoms with Crippen LogP contribution in [0.25, 0.3) is 0 Å². The van der Waals surface area contributed by atoms with Gasteiger partial charge in [0.2, 0.25) is 5.88 Å². The standard InChI is InChI=1S/C11H13FN2O3/c1-2-6-7(11(16)17)9(13-5-3-4-5)14-10(15)8(6)12/h5H,2-4H2,1H3,(H,16,17)(H2,13,14,15). The molecular weight excluding hydrogens is 227 g/mol. The van der Waals surface area contributed by atoms with Crippen molar-refractivity contribution >= 4 is 11.8 Å². The summed E-state index contributed by atoms with van der Waals surface area (Å²) in [4.78, 5) is 14.7. The summed E-state index contributed by atoms with van der Waals surface area (Å²) in [6, 6.07) is 0.176. The highest BCUT2D eigenvalue weighted by Gasteiger charge is 2.28. The van der Waals surface area contributed by atoms with Crippen LogP contribution in [-0.4, -0.2) is 27.2 Å². The Balaban J connectivity index is 2.54. The number of aromatic nitrogens is 1. The van der Waals surface area contributed by atoms with E-state index in [1.165, 1.54) is 0 Å². The molecule has 1 aliphatic carbocycles. The number of carboxylic acid groups (broad SMARTS) is 1. The van der Waals surface area contributed by atoms with Gasteiger partial charge in [0, 0.05) is 11.6 Å². The maximum absolute atomic E-state index is 13.6. The Labute approximate surface area is 97.3 Å². The fraction of sp³-hybridized carbons (Fsp3) is 0.455. The molecule has 0 amide bonds. The van der Waals surface area contributed by atoms with E-state index >= 15 is 0 Å². The van der Waals surface area contributed by atoms with Crippen molar-refractivity contribution in [3.63, 3.8) is 0 Å². The van der Waals surface area contributed by atoms with E-state index in [2.05, 4.69) is 10.3 Å². The van der Waals surface area contributed by atoms with Gasteiger partial charge < -0.3 is 15.5 Å². The number of carboxylic acids is 1. The third kappa shape index (κ3) is 2.15. The summed E-state index contributed by atoms with van der Waals surface area (Å²) in [6.07, 6.45) is 2.05. The van der Waals surface area contributed by atoms with Crippen molar-refractivity contribution in [3.05, 3.63) is 16.9 Å². The maximum atomic E-state index is 13.6. The van der Waals surface area contributed by atoms with Crippen LogP contribution >= 0.6 is 0 Å². The molecule has 1 aromatic heterocycles. The second kappa shape index (κ2) is 4.20. The van der Waals surface area contributed by atoms with E-state index in [4.69, 9.17) is 5.11 Å². The number of aromatic hydroxyl groups is 1. The Bertz CT molecular complexity index is 472. The molecule has 0 aromatic carbocycles. The first-order valence-electron chi connectivity index (χ1n) is 5.45. The number of halogens is 1. The number of aromatic carboxylic acids is 1. The van der Waals surface area contributed by atoms with Crippen molar-refractivity contribution < 1.29 is 19.4 Å². The number of nitrogens with zero attached hydrogens (tertiary/aromatic N) is 1. The molecular formula is C11H13FN2O3. The van der Waals surface area contributed by atoms with Crippen molar-refractivity contribution in [1.29, 1.82) is 0 Å². The summed E-state index contributed by atoms with van der Waals surface area (Å²) in [7, 11) is 0. The lowest BCUT2D eigenvalue weighted by atomic mass is 10.1. The van der Waals surface area contributed by atoms with Crippen molar-refractivity contribution in [2.24, 2.45) is 0 Å². The van der Waals surface area contributed by atoms with Crippen LogP contribution in [0.5, 0.6) is 5.88 Å². The third-order valence-corrected chi connectivity index (χ3v) is 2.70. The molecule has 0 radical (unpaired) electrons. The lowest BCUT2D eigenvalue weighted by Crippen LogP contribution is -2.14. The topological polar surface area (TPSA) is 82.5 Å². The van der Waals surface area contributed by atoms with E-state index in [0.29, 0.717) is 0 Å². The van der Waals surface area contributed by atoms with Gasteiger partial charge in [-0.25, -0.2) is 9.18 Å². The number of carbonyl (C=O) groups is 1. The maximum Gasteiger partial charge on any atom is 0.339 e. The van der Waals surface area contributed by atoms with Crippen LogP contribution in [0.4, 0.5) is 10.2 Å². The molecule has 1 aromatic rings. The fourth-order valence-corrected chi connectivity index (χ4v) is 1.69. The van der Waals surface area contributed by atoms with E-state index in [9.17, 15) is 14.3 Å². The van der Waals surface area contributed by atoms with Crippen LogP contribution in [0.2, 0.25) is 0 Å². The second-order valence-corrected chi connectivity index (χ2v) is 4.03. The van der Waals surface area contributed by atoms with Gasteiger partial charge >= 0.3 is 5.97 Å². The Morgan fingerprint density at radius 1 is 1.59 bits per heavy atom. The third-order valence-electron chi connectivity index (χ3n) is 2.70. The van der Waals surface area contributed by atoms with Crippen molar-refractivity contribution in [2.75, 3.05) is 5.32 Å². The second-order valence-electron chi connectivity index (χ2n) is 4.03. The Hall–Kier alpha value is -1.85. The molecule has 0 bridgehead atoms. The summed E-state index contributed by atoms with van der Waals surface area (Å²) in [6.45, 7) is 1.63. The van der Waals surface area contributed by atoms with Crippen LogP contribution in [0, 0.1) is 5.82 Å². The van der Waals surface area contributed by atoms with Gasteiger partial charge in [-0.1, -0.05) is 6.92 Å². The summed E-state index contributed by atoms with van der Waals surface area (Å²) < 4.78 is 13.6. The summed E-state index contributed by atoms with van der Waals surface area (Å²) in [5.74, 6) is -2.90. The quantitative estimate of drug-likeness (QED) is 0.747. The highest BCUT2D eigenvalue weighted by atomic mass is 19.1. The largest absolute Gasteiger partial charge is 0.491 e. The van der Waals surface area contributed by atoms with Gasteiger partial charge in [-0.3, -0.25) is 0 Å². The number of pyridine rings is 1. The fourth-order valence-electron chi connectivity index (χ4n) is 1.69. The molecule has 6 heteroatoms. The molecule has 2 rings (SSSR count). The number of hydrogen-bond donors (Lipinski definition) is 3. The lowest BCUT2D eigenvalue weighted by molar-refractivity contribution is 0.0695. The summed E-state index contributed by atoms with van der Waals surface area (Å²) in [5, 5.41) is 21.3. The highest BCUT2D eigenvalue weighted by molar-refractivity contribution is 5.95. The van der Waals surface area contributed by atoms with Gasteiger partial charge in [0.1, 0.15) is 11.4 Å². The molecule has 5 nitrogen and oxygen atoms in total.